The lowest BCUT2D eigenvalue weighted by Gasteiger charge is -2.26. The lowest BCUT2D eigenvalue weighted by atomic mass is 9.79. The van der Waals surface area contributed by atoms with Crippen molar-refractivity contribution in [2.45, 2.75) is 30.7 Å². The molecule has 2 unspecified atom stereocenters. The molecular formula is C17H20FN3O2. The summed E-state index contributed by atoms with van der Waals surface area (Å²) in [4.78, 5) is 26.5. The monoisotopic (exact) mass is 317 g/mol. The largest absolute Gasteiger partial charge is 0.368 e. The summed E-state index contributed by atoms with van der Waals surface area (Å²) in [5.41, 5.74) is 6.21. The Morgan fingerprint density at radius 3 is 2.78 bits per heavy atom. The van der Waals surface area contributed by atoms with Gasteiger partial charge in [-0.2, -0.15) is 0 Å². The highest BCUT2D eigenvalue weighted by Gasteiger charge is 2.57. The maximum Gasteiger partial charge on any atom is 0.236 e. The first-order valence-corrected chi connectivity index (χ1v) is 8.00. The second-order valence-corrected chi connectivity index (χ2v) is 7.24. The summed E-state index contributed by atoms with van der Waals surface area (Å²) in [5.74, 6) is -0.522. The molecule has 0 aromatic heterocycles. The number of likely N-dealkylation sites (tertiary alicyclic amines) is 1. The second-order valence-electron chi connectivity index (χ2n) is 7.24. The quantitative estimate of drug-likeness (QED) is 0.876. The summed E-state index contributed by atoms with van der Waals surface area (Å²) in [5, 5.41) is 2.91. The summed E-state index contributed by atoms with van der Waals surface area (Å²) < 4.78 is 13.3. The van der Waals surface area contributed by atoms with Crippen molar-refractivity contribution in [3.63, 3.8) is 0 Å². The highest BCUT2D eigenvalue weighted by Crippen LogP contribution is 2.51. The van der Waals surface area contributed by atoms with Crippen LogP contribution in [0.25, 0.3) is 0 Å². The number of amides is 2. The predicted octanol–water partition coefficient (Wildman–Crippen LogP) is 1.19. The van der Waals surface area contributed by atoms with Gasteiger partial charge in [0.05, 0.1) is 18.1 Å². The zero-order chi connectivity index (χ0) is 16.2. The predicted molar refractivity (Wildman–Crippen MR) is 83.6 cm³/mol. The van der Waals surface area contributed by atoms with E-state index in [4.69, 9.17) is 5.73 Å². The van der Waals surface area contributed by atoms with Gasteiger partial charge in [-0.3, -0.25) is 18.9 Å². The molecule has 5 nitrogen and oxygen atoms in total. The molecule has 1 saturated heterocycles. The average Bonchev–Trinajstić information content (AvgIpc) is 3.12. The van der Waals surface area contributed by atoms with Gasteiger partial charge in [-0.25, -0.2) is 0 Å². The number of benzene rings is 1. The number of rotatable bonds is 4. The number of primary amides is 1. The molecule has 2 amide bonds. The first kappa shape index (κ1) is 14.6. The lowest BCUT2D eigenvalue weighted by Crippen LogP contribution is -2.43. The number of hydrogen-bond acceptors (Lipinski definition) is 3. The van der Waals surface area contributed by atoms with Crippen LogP contribution in [0.1, 0.15) is 24.8 Å². The first-order valence-electron chi connectivity index (χ1n) is 8.00. The molecule has 0 bridgehead atoms. The number of nitrogens with two attached hydrogens (primary N) is 1. The molecule has 1 saturated carbocycles. The average molecular weight is 317 g/mol. The molecule has 3 aliphatic rings. The Bertz CT molecular complexity index is 688. The number of halogens is 1. The SMILES string of the molecule is NC(=O)C1CC2(CN1CC1(CF)CC1)C(=O)Nc1ccccc12. The fourth-order valence-electron chi connectivity index (χ4n) is 4.10. The molecule has 2 heterocycles. The minimum atomic E-state index is -0.747. The van der Waals surface area contributed by atoms with Crippen LogP contribution in [0.2, 0.25) is 0 Å². The Kier molecular flexibility index (Phi) is 3.04. The van der Waals surface area contributed by atoms with Gasteiger partial charge in [-0.15, -0.1) is 0 Å². The summed E-state index contributed by atoms with van der Waals surface area (Å²) in [6.45, 7) is 0.532. The Balaban J connectivity index is 1.69. The molecule has 1 aliphatic carbocycles. The van der Waals surface area contributed by atoms with E-state index in [1.54, 1.807) is 0 Å². The summed E-state index contributed by atoms with van der Waals surface area (Å²) in [6.07, 6.45) is 2.04. The maximum atomic E-state index is 13.3. The number of alkyl halides is 1. The molecule has 2 fully saturated rings. The molecule has 1 aromatic rings. The fraction of sp³-hybridized carbons (Fsp3) is 0.529. The normalized spacial score (nSPS) is 31.2. The highest BCUT2D eigenvalue weighted by atomic mass is 19.1. The molecule has 122 valence electrons. The Morgan fingerprint density at radius 2 is 2.13 bits per heavy atom. The van der Waals surface area contributed by atoms with Crippen molar-refractivity contribution in [2.75, 3.05) is 25.1 Å². The molecular weight excluding hydrogens is 297 g/mol. The van der Waals surface area contributed by atoms with E-state index in [0.29, 0.717) is 19.5 Å². The van der Waals surface area contributed by atoms with Crippen LogP contribution in [-0.4, -0.2) is 42.5 Å². The van der Waals surface area contributed by atoms with Gasteiger partial charge in [-0.1, -0.05) is 18.2 Å². The molecule has 3 N–H and O–H groups in total. The smallest absolute Gasteiger partial charge is 0.236 e. The molecule has 4 rings (SSSR count). The molecule has 1 aromatic carbocycles. The third kappa shape index (κ3) is 2.08. The summed E-state index contributed by atoms with van der Waals surface area (Å²) in [7, 11) is 0. The van der Waals surface area contributed by atoms with Crippen LogP contribution < -0.4 is 11.1 Å². The molecule has 1 spiro atoms. The minimum absolute atomic E-state index is 0.0856. The Labute approximate surface area is 134 Å². The van der Waals surface area contributed by atoms with Crippen molar-refractivity contribution >= 4 is 17.5 Å². The van der Waals surface area contributed by atoms with E-state index in [9.17, 15) is 14.0 Å². The van der Waals surface area contributed by atoms with Crippen molar-refractivity contribution in [1.82, 2.24) is 4.90 Å². The van der Waals surface area contributed by atoms with Gasteiger partial charge >= 0.3 is 0 Å². The van der Waals surface area contributed by atoms with Crippen LogP contribution in [-0.2, 0) is 15.0 Å². The van der Waals surface area contributed by atoms with Gasteiger partial charge < -0.3 is 11.1 Å². The Morgan fingerprint density at radius 1 is 1.39 bits per heavy atom. The van der Waals surface area contributed by atoms with Gasteiger partial charge in [0, 0.05) is 24.2 Å². The van der Waals surface area contributed by atoms with Crippen LogP contribution in [0.3, 0.4) is 0 Å². The number of nitrogens with one attached hydrogen (secondary N) is 1. The standard InChI is InChI=1S/C17H20FN3O2/c18-8-16(5-6-16)9-21-10-17(7-13(21)14(19)22)11-3-1-2-4-12(11)20-15(17)23/h1-4,13H,5-10H2,(H2,19,22)(H,20,23). The molecule has 6 heteroatoms. The van der Waals surface area contributed by atoms with Crippen molar-refractivity contribution in [3.05, 3.63) is 29.8 Å². The van der Waals surface area contributed by atoms with Crippen molar-refractivity contribution in [3.8, 4) is 0 Å². The van der Waals surface area contributed by atoms with E-state index in [0.717, 1.165) is 24.1 Å². The van der Waals surface area contributed by atoms with Crippen LogP contribution >= 0.6 is 0 Å². The zero-order valence-electron chi connectivity index (χ0n) is 12.8. The van der Waals surface area contributed by atoms with Crippen LogP contribution in [0, 0.1) is 5.41 Å². The minimum Gasteiger partial charge on any atom is -0.368 e. The number of nitrogens with zero attached hydrogens (tertiary/aromatic N) is 1. The van der Waals surface area contributed by atoms with Gasteiger partial charge in [0.1, 0.15) is 0 Å². The number of anilines is 1. The highest BCUT2D eigenvalue weighted by molar-refractivity contribution is 6.07. The number of carbonyl (C=O) groups is 2. The Hall–Kier alpha value is -1.95. The van der Waals surface area contributed by atoms with Gasteiger partial charge in [0.15, 0.2) is 0 Å². The van der Waals surface area contributed by atoms with Gasteiger partial charge in [0.2, 0.25) is 11.8 Å². The van der Waals surface area contributed by atoms with E-state index in [-0.39, 0.29) is 18.0 Å². The molecule has 2 atom stereocenters. The van der Waals surface area contributed by atoms with Crippen molar-refractivity contribution in [2.24, 2.45) is 11.1 Å². The van der Waals surface area contributed by atoms with Crippen LogP contribution in [0.15, 0.2) is 24.3 Å². The van der Waals surface area contributed by atoms with E-state index < -0.39 is 17.4 Å². The lowest BCUT2D eigenvalue weighted by molar-refractivity contribution is -0.122. The topological polar surface area (TPSA) is 75.4 Å². The molecule has 0 radical (unpaired) electrons. The second kappa shape index (κ2) is 4.77. The van der Waals surface area contributed by atoms with Gasteiger partial charge in [0.25, 0.3) is 0 Å². The fourth-order valence-corrected chi connectivity index (χ4v) is 4.10. The molecule has 2 aliphatic heterocycles. The van der Waals surface area contributed by atoms with Crippen molar-refractivity contribution in [1.29, 1.82) is 0 Å². The third-order valence-electron chi connectivity index (χ3n) is 5.69. The number of carbonyl (C=O) groups excluding carboxylic acids is 2. The third-order valence-corrected chi connectivity index (χ3v) is 5.69. The summed E-state index contributed by atoms with van der Waals surface area (Å²) in [6, 6.07) is 7.05. The van der Waals surface area contributed by atoms with Crippen molar-refractivity contribution < 1.29 is 14.0 Å². The van der Waals surface area contributed by atoms with Gasteiger partial charge in [-0.05, 0) is 30.9 Å². The summed E-state index contributed by atoms with van der Waals surface area (Å²) >= 11 is 0. The van der Waals surface area contributed by atoms with E-state index in [1.165, 1.54) is 0 Å². The number of para-hydroxylation sites is 1. The maximum absolute atomic E-state index is 13.3. The van der Waals surface area contributed by atoms with Crippen LogP contribution in [0.5, 0.6) is 0 Å². The number of hydrogen-bond donors (Lipinski definition) is 2. The molecule has 23 heavy (non-hydrogen) atoms. The zero-order valence-corrected chi connectivity index (χ0v) is 12.8. The number of fused-ring (bicyclic) bond motifs is 2. The van der Waals surface area contributed by atoms with E-state index in [2.05, 4.69) is 5.32 Å². The van der Waals surface area contributed by atoms with Crippen LogP contribution in [0.4, 0.5) is 10.1 Å². The van der Waals surface area contributed by atoms with E-state index in [1.807, 2.05) is 29.2 Å². The van der Waals surface area contributed by atoms with E-state index >= 15 is 0 Å². The first-order chi connectivity index (χ1) is 11.0.